The van der Waals surface area contributed by atoms with E-state index in [0.717, 1.165) is 25.8 Å². The van der Waals surface area contributed by atoms with Gasteiger partial charge in [0.1, 0.15) is 0 Å². The Bertz CT molecular complexity index is 474. The Labute approximate surface area is 146 Å². The summed E-state index contributed by atoms with van der Waals surface area (Å²) in [5.41, 5.74) is 5.94. The standard InChI is InChI=1S/C20H32N2O2/c1-4-14-8-17(18(9-14)12-21)7-6-15-10-16(5-2)19(11-15)13-24-20(23)22-3/h4-7,14-19H,1-2,8-13,21H2,3H3,(H,22,23)/b7-6-. The van der Waals surface area contributed by atoms with Gasteiger partial charge in [0.2, 0.25) is 0 Å². The Hall–Kier alpha value is -1.55. The van der Waals surface area contributed by atoms with Crippen molar-refractivity contribution in [2.75, 3.05) is 20.2 Å². The van der Waals surface area contributed by atoms with Gasteiger partial charge in [-0.25, -0.2) is 4.79 Å². The first-order valence-electron chi connectivity index (χ1n) is 9.09. The minimum Gasteiger partial charge on any atom is -0.449 e. The lowest BCUT2D eigenvalue weighted by Crippen LogP contribution is -2.23. The van der Waals surface area contributed by atoms with Crippen molar-refractivity contribution in [2.45, 2.75) is 25.7 Å². The molecule has 0 spiro atoms. The lowest BCUT2D eigenvalue weighted by molar-refractivity contribution is 0.123. The van der Waals surface area contributed by atoms with Crippen LogP contribution in [-0.4, -0.2) is 26.3 Å². The highest BCUT2D eigenvalue weighted by molar-refractivity contribution is 5.66. The molecule has 0 aliphatic heterocycles. The Kier molecular flexibility index (Phi) is 7.10. The molecule has 134 valence electrons. The van der Waals surface area contributed by atoms with Crippen LogP contribution in [0, 0.1) is 35.5 Å². The molecule has 4 heteroatoms. The van der Waals surface area contributed by atoms with E-state index in [1.807, 2.05) is 6.08 Å². The third-order valence-corrected chi connectivity index (χ3v) is 5.77. The van der Waals surface area contributed by atoms with Gasteiger partial charge in [-0.2, -0.15) is 0 Å². The number of carbonyl (C=O) groups is 1. The van der Waals surface area contributed by atoms with Crippen LogP contribution in [0.15, 0.2) is 37.5 Å². The molecule has 0 aromatic carbocycles. The zero-order valence-electron chi connectivity index (χ0n) is 14.8. The number of alkyl carbamates (subject to hydrolysis) is 1. The van der Waals surface area contributed by atoms with E-state index in [4.69, 9.17) is 10.5 Å². The Morgan fingerprint density at radius 1 is 1.08 bits per heavy atom. The monoisotopic (exact) mass is 332 g/mol. The van der Waals surface area contributed by atoms with Crippen LogP contribution in [0.1, 0.15) is 25.7 Å². The molecule has 6 unspecified atom stereocenters. The van der Waals surface area contributed by atoms with Gasteiger partial charge in [-0.3, -0.25) is 0 Å². The Morgan fingerprint density at radius 3 is 2.42 bits per heavy atom. The quantitative estimate of drug-likeness (QED) is 0.701. The average molecular weight is 332 g/mol. The van der Waals surface area contributed by atoms with Crippen LogP contribution < -0.4 is 11.1 Å². The summed E-state index contributed by atoms with van der Waals surface area (Å²) in [6, 6.07) is 0. The highest BCUT2D eigenvalue weighted by Gasteiger charge is 2.33. The Morgan fingerprint density at radius 2 is 1.79 bits per heavy atom. The van der Waals surface area contributed by atoms with Gasteiger partial charge in [-0.15, -0.1) is 13.2 Å². The first-order valence-corrected chi connectivity index (χ1v) is 9.09. The van der Waals surface area contributed by atoms with E-state index in [9.17, 15) is 4.79 Å². The fraction of sp³-hybridized carbons (Fsp3) is 0.650. The highest BCUT2D eigenvalue weighted by Crippen LogP contribution is 2.41. The summed E-state index contributed by atoms with van der Waals surface area (Å²) in [5, 5.41) is 2.50. The van der Waals surface area contributed by atoms with E-state index in [2.05, 4.69) is 36.7 Å². The van der Waals surface area contributed by atoms with Crippen molar-refractivity contribution in [2.24, 2.45) is 41.2 Å². The highest BCUT2D eigenvalue weighted by atomic mass is 16.5. The predicted molar refractivity (Wildman–Crippen MR) is 98.4 cm³/mol. The van der Waals surface area contributed by atoms with Crippen LogP contribution in [0.4, 0.5) is 4.79 Å². The molecule has 1 amide bonds. The third kappa shape index (κ3) is 4.73. The number of amides is 1. The minimum absolute atomic E-state index is 0.357. The van der Waals surface area contributed by atoms with Gasteiger partial charge >= 0.3 is 6.09 Å². The van der Waals surface area contributed by atoms with Gasteiger partial charge in [-0.1, -0.05) is 24.3 Å². The van der Waals surface area contributed by atoms with Gasteiger partial charge in [0.25, 0.3) is 0 Å². The van der Waals surface area contributed by atoms with E-state index in [1.165, 1.54) is 6.42 Å². The van der Waals surface area contributed by atoms with Crippen molar-refractivity contribution < 1.29 is 9.53 Å². The molecule has 2 saturated carbocycles. The molecular weight excluding hydrogens is 300 g/mol. The molecule has 3 N–H and O–H groups in total. The molecule has 2 aliphatic carbocycles. The molecule has 6 atom stereocenters. The van der Waals surface area contributed by atoms with E-state index in [-0.39, 0.29) is 6.09 Å². The number of ether oxygens (including phenoxy) is 1. The van der Waals surface area contributed by atoms with Crippen molar-refractivity contribution in [3.63, 3.8) is 0 Å². The summed E-state index contributed by atoms with van der Waals surface area (Å²) in [5.74, 6) is 3.07. The first kappa shape index (κ1) is 18.8. The number of carbonyl (C=O) groups excluding carboxylic acids is 1. The van der Waals surface area contributed by atoms with Crippen LogP contribution in [0.25, 0.3) is 0 Å². The largest absolute Gasteiger partial charge is 0.449 e. The predicted octanol–water partition coefficient (Wildman–Crippen LogP) is 3.51. The van der Waals surface area contributed by atoms with E-state index >= 15 is 0 Å². The van der Waals surface area contributed by atoms with Crippen molar-refractivity contribution in [1.29, 1.82) is 0 Å². The van der Waals surface area contributed by atoms with Crippen molar-refractivity contribution in [3.8, 4) is 0 Å². The summed E-state index contributed by atoms with van der Waals surface area (Å²) < 4.78 is 5.25. The second-order valence-corrected chi connectivity index (χ2v) is 7.25. The normalized spacial score (nSPS) is 35.9. The molecule has 4 nitrogen and oxygen atoms in total. The minimum atomic E-state index is -0.357. The summed E-state index contributed by atoms with van der Waals surface area (Å²) in [7, 11) is 1.58. The number of hydrogen-bond donors (Lipinski definition) is 2. The van der Waals surface area contributed by atoms with E-state index in [1.54, 1.807) is 7.05 Å². The molecule has 0 saturated heterocycles. The van der Waals surface area contributed by atoms with Crippen molar-refractivity contribution in [3.05, 3.63) is 37.5 Å². The molecule has 24 heavy (non-hydrogen) atoms. The molecule has 0 heterocycles. The molecule has 0 bridgehead atoms. The average Bonchev–Trinajstić information content (AvgIpc) is 3.20. The summed E-state index contributed by atoms with van der Waals surface area (Å²) in [6.45, 7) is 9.10. The smallest absolute Gasteiger partial charge is 0.406 e. The van der Waals surface area contributed by atoms with Gasteiger partial charge in [0.15, 0.2) is 0 Å². The van der Waals surface area contributed by atoms with Gasteiger partial charge < -0.3 is 15.8 Å². The molecule has 0 aromatic rings. The second-order valence-electron chi connectivity index (χ2n) is 7.25. The zero-order chi connectivity index (χ0) is 17.5. The molecule has 0 radical (unpaired) electrons. The first-order chi connectivity index (χ1) is 11.6. The summed E-state index contributed by atoms with van der Waals surface area (Å²) in [6.07, 6.45) is 13.0. The van der Waals surface area contributed by atoms with E-state index < -0.39 is 0 Å². The fourth-order valence-electron chi connectivity index (χ4n) is 4.30. The molecule has 0 aromatic heterocycles. The summed E-state index contributed by atoms with van der Waals surface area (Å²) >= 11 is 0. The molecule has 2 aliphatic rings. The van der Waals surface area contributed by atoms with Crippen LogP contribution in [0.3, 0.4) is 0 Å². The molecule has 2 rings (SSSR count). The Balaban J connectivity index is 1.89. The van der Waals surface area contributed by atoms with Crippen LogP contribution in [0.5, 0.6) is 0 Å². The zero-order valence-corrected chi connectivity index (χ0v) is 14.8. The number of rotatable bonds is 7. The fourth-order valence-corrected chi connectivity index (χ4v) is 4.30. The van der Waals surface area contributed by atoms with Gasteiger partial charge in [0.05, 0.1) is 6.61 Å². The molecular formula is C20H32N2O2. The second kappa shape index (κ2) is 9.07. The van der Waals surface area contributed by atoms with Gasteiger partial charge in [0, 0.05) is 13.0 Å². The van der Waals surface area contributed by atoms with E-state index in [0.29, 0.717) is 42.1 Å². The third-order valence-electron chi connectivity index (χ3n) is 5.77. The maximum atomic E-state index is 11.3. The number of allylic oxidation sites excluding steroid dienone is 4. The van der Waals surface area contributed by atoms with Crippen LogP contribution >= 0.6 is 0 Å². The number of hydrogen-bond acceptors (Lipinski definition) is 3. The SMILES string of the molecule is C=CC1CC(/C=C\C2CC(C=C)C(COC(=O)NC)C2)C(CN)C1. The van der Waals surface area contributed by atoms with Gasteiger partial charge in [-0.05, 0) is 61.8 Å². The van der Waals surface area contributed by atoms with Crippen LogP contribution in [0.2, 0.25) is 0 Å². The van der Waals surface area contributed by atoms with Crippen molar-refractivity contribution in [1.82, 2.24) is 5.32 Å². The van der Waals surface area contributed by atoms with Crippen LogP contribution in [-0.2, 0) is 4.74 Å². The maximum Gasteiger partial charge on any atom is 0.406 e. The number of nitrogens with two attached hydrogens (primary N) is 1. The number of nitrogens with one attached hydrogen (secondary N) is 1. The van der Waals surface area contributed by atoms with Crippen molar-refractivity contribution >= 4 is 6.09 Å². The maximum absolute atomic E-state index is 11.3. The lowest BCUT2D eigenvalue weighted by atomic mass is 9.93. The lowest BCUT2D eigenvalue weighted by Gasteiger charge is -2.15. The molecule has 2 fully saturated rings. The topological polar surface area (TPSA) is 64.3 Å². The summed E-state index contributed by atoms with van der Waals surface area (Å²) in [4.78, 5) is 11.3.